The molecule has 0 saturated heterocycles. The van der Waals surface area contributed by atoms with E-state index in [9.17, 15) is 29.4 Å². The molecule has 0 unspecified atom stereocenters. The van der Waals surface area contributed by atoms with Crippen molar-refractivity contribution in [3.05, 3.63) is 108 Å². The summed E-state index contributed by atoms with van der Waals surface area (Å²) in [5.41, 5.74) is 7.21. The normalized spacial score (nSPS) is 11.5. The van der Waals surface area contributed by atoms with Crippen LogP contribution in [0.2, 0.25) is 0 Å². The van der Waals surface area contributed by atoms with E-state index < -0.39 is 24.0 Å². The Hall–Kier alpha value is -5.14. The van der Waals surface area contributed by atoms with Gasteiger partial charge in [-0.15, -0.1) is 20.4 Å². The SMILES string of the molecule is CCCCC(=O)N(Cc1ccc(-c2ccccc2-c2nn[nH]n2)cc1)[C@H](C(=O)[O-])C(C)C.CCCCC(=O)N(Cc1ccc(-c2ccccc2-c2nn[nH]n2)cc1)[C@H](C(=O)[O-])C(C)C.O.[Na+].[Na+]. The molecule has 0 fully saturated rings. The number of nitrogens with zero attached hydrogens (tertiary/aromatic N) is 8. The topological polar surface area (TPSA) is 261 Å². The van der Waals surface area contributed by atoms with Crippen molar-refractivity contribution in [1.29, 1.82) is 0 Å². The van der Waals surface area contributed by atoms with Gasteiger partial charge in [0.05, 0.1) is 24.0 Å². The van der Waals surface area contributed by atoms with Crippen molar-refractivity contribution in [3.8, 4) is 45.0 Å². The van der Waals surface area contributed by atoms with Crippen LogP contribution < -0.4 is 69.3 Å². The number of H-pyrrole nitrogens is 2. The largest absolute Gasteiger partial charge is 1.00 e. The van der Waals surface area contributed by atoms with Gasteiger partial charge in [0.25, 0.3) is 0 Å². The molecule has 2 heterocycles. The number of amides is 2. The molecule has 2 amide bonds. The molecule has 2 aromatic heterocycles. The standard InChI is InChI=1S/2C24H29N5O3.2Na.H2O/c2*1-4-5-10-21(30)29(22(16(2)3)24(31)32)15-17-11-13-18(14-12-17)19-8-6-7-9-20(19)23-25-27-28-26-23;;;/h2*6-9,11-14,16,22H,4-5,10,15H2,1-3H3,(H,31,32)(H,25,26,27,28);;;1H2/q;;2*+1;/p-2/t2*22-;;;/m00.../s1. The van der Waals surface area contributed by atoms with E-state index in [-0.39, 0.29) is 101 Å². The Kier molecular flexibility index (Phi) is 25.0. The number of carboxylic acids is 2. The van der Waals surface area contributed by atoms with Crippen molar-refractivity contribution < 1.29 is 94.0 Å². The second-order valence-corrected chi connectivity index (χ2v) is 16.2. The van der Waals surface area contributed by atoms with Crippen molar-refractivity contribution in [2.24, 2.45) is 11.8 Å². The monoisotopic (exact) mass is 932 g/mol. The molecule has 67 heavy (non-hydrogen) atoms. The molecule has 0 aliphatic heterocycles. The van der Waals surface area contributed by atoms with E-state index in [0.717, 1.165) is 70.2 Å². The molecule has 0 spiro atoms. The van der Waals surface area contributed by atoms with E-state index in [2.05, 4.69) is 41.2 Å². The smallest absolute Gasteiger partial charge is 0.548 e. The minimum atomic E-state index is -1.23. The van der Waals surface area contributed by atoms with Gasteiger partial charge in [-0.25, -0.2) is 0 Å². The average Bonchev–Trinajstić information content (AvgIpc) is 4.04. The first-order valence-corrected chi connectivity index (χ1v) is 21.7. The van der Waals surface area contributed by atoms with Crippen LogP contribution in [0.5, 0.6) is 0 Å². The summed E-state index contributed by atoms with van der Waals surface area (Å²) >= 11 is 0. The van der Waals surface area contributed by atoms with E-state index in [1.807, 2.05) is 111 Å². The molecule has 4 N–H and O–H groups in total. The van der Waals surface area contributed by atoms with Gasteiger partial charge in [0.1, 0.15) is 0 Å². The van der Waals surface area contributed by atoms with Gasteiger partial charge in [0.15, 0.2) is 0 Å². The minimum absolute atomic E-state index is 0. The van der Waals surface area contributed by atoms with Gasteiger partial charge in [0, 0.05) is 37.1 Å². The van der Waals surface area contributed by atoms with Crippen LogP contribution in [0.15, 0.2) is 97.1 Å². The molecule has 344 valence electrons. The number of hydrogen-bond donors (Lipinski definition) is 2. The quantitative estimate of drug-likeness (QED) is 0.0860. The first kappa shape index (κ1) is 58.0. The summed E-state index contributed by atoms with van der Waals surface area (Å²) in [7, 11) is 0. The number of aliphatic carboxylic acids is 2. The Bertz CT molecular complexity index is 2250. The van der Waals surface area contributed by atoms with Crippen molar-refractivity contribution in [1.82, 2.24) is 51.0 Å². The Morgan fingerprint density at radius 2 is 0.866 bits per heavy atom. The summed E-state index contributed by atoms with van der Waals surface area (Å²) in [6.07, 6.45) is 3.82. The van der Waals surface area contributed by atoms with Gasteiger partial charge in [0.2, 0.25) is 23.5 Å². The van der Waals surface area contributed by atoms with Gasteiger partial charge in [-0.2, -0.15) is 10.4 Å². The Morgan fingerprint density at radius 3 is 1.13 bits per heavy atom. The van der Waals surface area contributed by atoms with Crippen LogP contribution in [0.25, 0.3) is 45.0 Å². The molecule has 19 heteroatoms. The number of hydrogen-bond acceptors (Lipinski definition) is 12. The molecule has 2 atom stereocenters. The van der Waals surface area contributed by atoms with Gasteiger partial charge in [-0.1, -0.05) is 151 Å². The van der Waals surface area contributed by atoms with Crippen LogP contribution in [0, 0.1) is 11.8 Å². The first-order valence-electron chi connectivity index (χ1n) is 21.7. The van der Waals surface area contributed by atoms with Crippen LogP contribution in [-0.2, 0) is 32.3 Å². The Labute approximate surface area is 435 Å². The van der Waals surface area contributed by atoms with E-state index in [1.165, 1.54) is 9.80 Å². The summed E-state index contributed by atoms with van der Waals surface area (Å²) in [6.45, 7) is 11.6. The number of aromatic amines is 2. The summed E-state index contributed by atoms with van der Waals surface area (Å²) in [5, 5.41) is 52.1. The maximum atomic E-state index is 12.8. The Morgan fingerprint density at radius 1 is 0.537 bits per heavy atom. The second-order valence-electron chi connectivity index (χ2n) is 16.2. The summed E-state index contributed by atoms with van der Waals surface area (Å²) in [5.74, 6) is -2.29. The molecule has 6 rings (SSSR count). The van der Waals surface area contributed by atoms with Crippen molar-refractivity contribution in [2.45, 2.75) is 105 Å². The zero-order chi connectivity index (χ0) is 46.2. The third-order valence-electron chi connectivity index (χ3n) is 10.8. The third-order valence-corrected chi connectivity index (χ3v) is 10.8. The minimum Gasteiger partial charge on any atom is -0.548 e. The first-order chi connectivity index (χ1) is 30.8. The average molecular weight is 933 g/mol. The molecule has 4 aromatic carbocycles. The predicted molar refractivity (Wildman–Crippen MR) is 241 cm³/mol. The molecule has 0 aliphatic rings. The fraction of sp³-hybridized carbons (Fsp3) is 0.375. The molecule has 0 bridgehead atoms. The fourth-order valence-electron chi connectivity index (χ4n) is 7.53. The number of rotatable bonds is 20. The summed E-state index contributed by atoms with van der Waals surface area (Å²) in [4.78, 5) is 52.2. The molecule has 0 aliphatic carbocycles. The second kappa shape index (κ2) is 28.9. The van der Waals surface area contributed by atoms with E-state index in [0.29, 0.717) is 24.5 Å². The van der Waals surface area contributed by atoms with Gasteiger partial charge in [-0.05, 0) is 68.5 Å². The maximum absolute atomic E-state index is 12.8. The van der Waals surface area contributed by atoms with Gasteiger partial charge >= 0.3 is 59.1 Å². The van der Waals surface area contributed by atoms with E-state index in [1.54, 1.807) is 27.7 Å². The molecule has 0 radical (unpaired) electrons. The van der Waals surface area contributed by atoms with Crippen LogP contribution in [0.1, 0.15) is 91.2 Å². The third kappa shape index (κ3) is 16.0. The van der Waals surface area contributed by atoms with Crippen LogP contribution in [0.4, 0.5) is 0 Å². The summed E-state index contributed by atoms with van der Waals surface area (Å²) < 4.78 is 0. The van der Waals surface area contributed by atoms with E-state index >= 15 is 0 Å². The number of carbonyl (C=O) groups excluding carboxylic acids is 4. The number of carboxylic acid groups (broad SMARTS) is 2. The van der Waals surface area contributed by atoms with Crippen molar-refractivity contribution >= 4 is 23.8 Å². The Balaban J connectivity index is 0.000000440. The number of unbranched alkanes of at least 4 members (excludes halogenated alkanes) is 2. The number of benzene rings is 4. The molecule has 0 saturated carbocycles. The fourth-order valence-corrected chi connectivity index (χ4v) is 7.53. The van der Waals surface area contributed by atoms with Crippen LogP contribution >= 0.6 is 0 Å². The number of tetrazole rings is 2. The molecular weight excluding hydrogens is 875 g/mol. The molecule has 17 nitrogen and oxygen atoms in total. The zero-order valence-corrected chi connectivity index (χ0v) is 43.7. The predicted octanol–water partition coefficient (Wildman–Crippen LogP) is -1.16. The van der Waals surface area contributed by atoms with Crippen molar-refractivity contribution in [2.75, 3.05) is 0 Å². The molecular formula is C48H58N10Na2O7. The van der Waals surface area contributed by atoms with Gasteiger partial charge < -0.3 is 35.1 Å². The maximum Gasteiger partial charge on any atom is 1.00 e. The number of aromatic nitrogens is 8. The van der Waals surface area contributed by atoms with Crippen LogP contribution in [0.3, 0.4) is 0 Å². The van der Waals surface area contributed by atoms with E-state index in [4.69, 9.17) is 0 Å². The van der Waals surface area contributed by atoms with Crippen LogP contribution in [-0.4, -0.2) is 92.4 Å². The molecule has 6 aromatic rings. The van der Waals surface area contributed by atoms with Crippen molar-refractivity contribution in [3.63, 3.8) is 0 Å². The zero-order valence-electron chi connectivity index (χ0n) is 39.7. The summed E-state index contributed by atoms with van der Waals surface area (Å²) in [6, 6.07) is 29.0. The number of carbonyl (C=O) groups is 4. The number of nitrogens with one attached hydrogen (secondary N) is 2. The van der Waals surface area contributed by atoms with Gasteiger partial charge in [-0.3, -0.25) is 9.59 Å².